The van der Waals surface area contributed by atoms with Gasteiger partial charge in [-0.15, -0.1) is 0 Å². The molecule has 1 aliphatic carbocycles. The fourth-order valence-corrected chi connectivity index (χ4v) is 3.92. The largest absolute Gasteiger partial charge is 0.458 e. The fraction of sp³-hybridized carbons (Fsp3) is 0.786. The van der Waals surface area contributed by atoms with Gasteiger partial charge in [-0.25, -0.2) is 0 Å². The van der Waals surface area contributed by atoms with Crippen LogP contribution in [0.4, 0.5) is 0 Å². The first-order valence-corrected chi connectivity index (χ1v) is 13.4. The van der Waals surface area contributed by atoms with Crippen LogP contribution in [0, 0.1) is 29.8 Å². The van der Waals surface area contributed by atoms with Crippen molar-refractivity contribution in [1.29, 1.82) is 0 Å². The second-order valence-electron chi connectivity index (χ2n) is 11.5. The van der Waals surface area contributed by atoms with Gasteiger partial charge in [-0.1, -0.05) is 55.4 Å². The van der Waals surface area contributed by atoms with Crippen molar-refractivity contribution in [2.24, 2.45) is 23.7 Å². The summed E-state index contributed by atoms with van der Waals surface area (Å²) in [6, 6.07) is 0. The molecule has 1 radical (unpaired) electrons. The van der Waals surface area contributed by atoms with Gasteiger partial charge in [0.15, 0.2) is 18.3 Å². The van der Waals surface area contributed by atoms with E-state index in [9.17, 15) is 24.0 Å². The molecule has 0 aliphatic heterocycles. The highest BCUT2D eigenvalue weighted by molar-refractivity contribution is 5.74. The third kappa shape index (κ3) is 12.3. The molecule has 0 heterocycles. The standard InChI is InChI=1S/C28H45O10/c1-15(2)10-22(30)35-21-14-20(34-19(9)29)26(36-23(31)11-16(3)4)28(38-25(33)13-18(7)8)27(21)37-24(32)12-17(5)6/h15-18,20-21,27-28H,10-14H2,1-9H3. The molecule has 0 N–H and O–H groups in total. The average Bonchev–Trinajstić information content (AvgIpc) is 2.70. The summed E-state index contributed by atoms with van der Waals surface area (Å²) in [5.74, 6) is -3.21. The van der Waals surface area contributed by atoms with Crippen molar-refractivity contribution in [2.45, 2.75) is 119 Å². The Balaban J connectivity index is 3.54. The van der Waals surface area contributed by atoms with Crippen LogP contribution in [0.15, 0.2) is 0 Å². The first-order valence-electron chi connectivity index (χ1n) is 13.4. The van der Waals surface area contributed by atoms with E-state index in [2.05, 4.69) is 0 Å². The summed E-state index contributed by atoms with van der Waals surface area (Å²) in [5, 5.41) is 0. The fourth-order valence-electron chi connectivity index (χ4n) is 3.92. The predicted molar refractivity (Wildman–Crippen MR) is 137 cm³/mol. The Morgan fingerprint density at radius 2 is 1.05 bits per heavy atom. The highest BCUT2D eigenvalue weighted by atomic mass is 16.6. The van der Waals surface area contributed by atoms with E-state index in [-0.39, 0.29) is 61.9 Å². The van der Waals surface area contributed by atoms with E-state index in [1.165, 1.54) is 6.92 Å². The lowest BCUT2D eigenvalue weighted by atomic mass is 9.86. The molecular formula is C28H45O10. The Kier molecular flexibility index (Phi) is 13.8. The van der Waals surface area contributed by atoms with E-state index >= 15 is 0 Å². The summed E-state index contributed by atoms with van der Waals surface area (Å²) in [7, 11) is 0. The Bertz CT molecular complexity index is 816. The van der Waals surface area contributed by atoms with Gasteiger partial charge in [0.25, 0.3) is 0 Å². The Labute approximate surface area is 226 Å². The molecule has 38 heavy (non-hydrogen) atoms. The Morgan fingerprint density at radius 3 is 1.50 bits per heavy atom. The molecule has 0 amide bonds. The summed E-state index contributed by atoms with van der Waals surface area (Å²) in [4.78, 5) is 62.9. The van der Waals surface area contributed by atoms with Crippen LogP contribution in [0.1, 0.15) is 94.4 Å². The zero-order valence-electron chi connectivity index (χ0n) is 24.2. The van der Waals surface area contributed by atoms with Crippen LogP contribution in [-0.2, 0) is 47.7 Å². The first-order chi connectivity index (χ1) is 17.6. The number of esters is 5. The molecule has 1 aliphatic rings. The van der Waals surface area contributed by atoms with Crippen LogP contribution in [0.2, 0.25) is 0 Å². The second kappa shape index (κ2) is 15.7. The monoisotopic (exact) mass is 541 g/mol. The summed E-state index contributed by atoms with van der Waals surface area (Å²) in [6.45, 7) is 15.9. The minimum absolute atomic E-state index is 0.00363. The molecule has 1 rings (SSSR count). The van der Waals surface area contributed by atoms with Crippen LogP contribution < -0.4 is 0 Å². The number of ether oxygens (including phenoxy) is 5. The molecule has 4 unspecified atom stereocenters. The highest BCUT2D eigenvalue weighted by Crippen LogP contribution is 2.37. The minimum atomic E-state index is -1.44. The molecule has 0 aromatic carbocycles. The van der Waals surface area contributed by atoms with E-state index in [4.69, 9.17) is 23.7 Å². The van der Waals surface area contributed by atoms with Gasteiger partial charge in [0, 0.05) is 39.0 Å². The molecule has 1 fully saturated rings. The van der Waals surface area contributed by atoms with Gasteiger partial charge in [0.1, 0.15) is 6.10 Å². The molecule has 217 valence electrons. The van der Waals surface area contributed by atoms with Crippen molar-refractivity contribution in [3.05, 3.63) is 6.10 Å². The first kappa shape index (κ1) is 33.4. The SMILES string of the molecule is CC(=O)OC1CC(OC(=O)CC(C)C)C(OC(=O)CC(C)C)C(OC(=O)CC(C)C)[C]1OC(=O)CC(C)C. The molecule has 4 atom stereocenters. The molecular weight excluding hydrogens is 496 g/mol. The maximum absolute atomic E-state index is 12.8. The smallest absolute Gasteiger partial charge is 0.307 e. The average molecular weight is 542 g/mol. The van der Waals surface area contributed by atoms with Crippen LogP contribution in [-0.4, -0.2) is 54.3 Å². The summed E-state index contributed by atoms with van der Waals surface area (Å²) in [5.41, 5.74) is 0. The molecule has 0 aromatic heterocycles. The van der Waals surface area contributed by atoms with Crippen molar-refractivity contribution < 1.29 is 47.7 Å². The van der Waals surface area contributed by atoms with Crippen LogP contribution >= 0.6 is 0 Å². The number of carbonyl (C=O) groups is 5. The molecule has 1 saturated carbocycles. The van der Waals surface area contributed by atoms with E-state index < -0.39 is 54.3 Å². The number of carbonyl (C=O) groups excluding carboxylic acids is 5. The third-order valence-corrected chi connectivity index (χ3v) is 5.36. The zero-order chi connectivity index (χ0) is 29.2. The van der Waals surface area contributed by atoms with Gasteiger partial charge < -0.3 is 23.7 Å². The van der Waals surface area contributed by atoms with E-state index in [1.807, 2.05) is 55.4 Å². The summed E-state index contributed by atoms with van der Waals surface area (Å²) >= 11 is 0. The van der Waals surface area contributed by atoms with Crippen LogP contribution in [0.3, 0.4) is 0 Å². The molecule has 0 saturated heterocycles. The quantitative estimate of drug-likeness (QED) is 0.245. The second-order valence-corrected chi connectivity index (χ2v) is 11.5. The van der Waals surface area contributed by atoms with Gasteiger partial charge >= 0.3 is 29.8 Å². The maximum atomic E-state index is 12.8. The molecule has 0 bridgehead atoms. The number of hydrogen-bond acceptors (Lipinski definition) is 10. The molecule has 0 aromatic rings. The topological polar surface area (TPSA) is 132 Å². The van der Waals surface area contributed by atoms with E-state index in [0.717, 1.165) is 0 Å². The van der Waals surface area contributed by atoms with Crippen molar-refractivity contribution in [2.75, 3.05) is 0 Å². The lowest BCUT2D eigenvalue weighted by Crippen LogP contribution is -2.58. The van der Waals surface area contributed by atoms with Gasteiger partial charge in [-0.3, -0.25) is 24.0 Å². The zero-order valence-corrected chi connectivity index (χ0v) is 24.2. The Morgan fingerprint density at radius 1 is 0.632 bits per heavy atom. The lowest BCUT2D eigenvalue weighted by molar-refractivity contribution is -0.212. The van der Waals surface area contributed by atoms with Gasteiger partial charge in [-0.05, 0) is 23.7 Å². The Hall–Kier alpha value is -2.65. The van der Waals surface area contributed by atoms with Crippen molar-refractivity contribution in [3.8, 4) is 0 Å². The van der Waals surface area contributed by atoms with Crippen molar-refractivity contribution in [3.63, 3.8) is 0 Å². The maximum Gasteiger partial charge on any atom is 0.307 e. The molecule has 0 spiro atoms. The lowest BCUT2D eigenvalue weighted by Gasteiger charge is -2.43. The third-order valence-electron chi connectivity index (χ3n) is 5.36. The minimum Gasteiger partial charge on any atom is -0.458 e. The molecule has 10 heteroatoms. The predicted octanol–water partition coefficient (Wildman–Crippen LogP) is 4.32. The van der Waals surface area contributed by atoms with Crippen molar-refractivity contribution >= 4 is 29.8 Å². The van der Waals surface area contributed by atoms with Crippen LogP contribution in [0.5, 0.6) is 0 Å². The van der Waals surface area contributed by atoms with Crippen molar-refractivity contribution in [1.82, 2.24) is 0 Å². The summed E-state index contributed by atoms with van der Waals surface area (Å²) < 4.78 is 28.2. The highest BCUT2D eigenvalue weighted by Gasteiger charge is 2.55. The van der Waals surface area contributed by atoms with E-state index in [1.54, 1.807) is 0 Å². The number of rotatable bonds is 13. The molecule has 10 nitrogen and oxygen atoms in total. The van der Waals surface area contributed by atoms with E-state index in [0.29, 0.717) is 0 Å². The van der Waals surface area contributed by atoms with Gasteiger partial charge in [-0.2, -0.15) is 0 Å². The van der Waals surface area contributed by atoms with Gasteiger partial charge in [0.2, 0.25) is 6.10 Å². The van der Waals surface area contributed by atoms with Crippen LogP contribution in [0.25, 0.3) is 0 Å². The normalized spacial score (nSPS) is 21.9. The number of hydrogen-bond donors (Lipinski definition) is 0. The van der Waals surface area contributed by atoms with Gasteiger partial charge in [0.05, 0.1) is 0 Å². The summed E-state index contributed by atoms with van der Waals surface area (Å²) in [6.07, 6.45) is -5.12.